The molecule has 0 radical (unpaired) electrons. The van der Waals surface area contributed by atoms with E-state index in [1.54, 1.807) is 18.2 Å². The lowest BCUT2D eigenvalue weighted by Crippen LogP contribution is -2.57. The largest absolute Gasteiger partial charge is 0.381 e. The van der Waals surface area contributed by atoms with Crippen LogP contribution in [0.5, 0.6) is 0 Å². The van der Waals surface area contributed by atoms with Gasteiger partial charge < -0.3 is 20.6 Å². The molecule has 0 saturated carbocycles. The molecular weight excluding hydrogens is 450 g/mol. The van der Waals surface area contributed by atoms with Gasteiger partial charge in [0, 0.05) is 16.9 Å². The van der Waals surface area contributed by atoms with Gasteiger partial charge in [0.05, 0.1) is 11.9 Å². The number of aliphatic hydroxyl groups is 1. The summed E-state index contributed by atoms with van der Waals surface area (Å²) in [6.07, 6.45) is -1.23. The molecule has 1 saturated heterocycles. The number of carbonyl (C=O) groups is 3. The van der Waals surface area contributed by atoms with E-state index in [2.05, 4.69) is 10.6 Å². The highest BCUT2D eigenvalue weighted by Crippen LogP contribution is 2.24. The van der Waals surface area contributed by atoms with E-state index in [0.717, 1.165) is 11.1 Å². The summed E-state index contributed by atoms with van der Waals surface area (Å²) >= 11 is 1.46. The predicted molar refractivity (Wildman–Crippen MR) is 134 cm³/mol. The monoisotopic (exact) mass is 483 g/mol. The van der Waals surface area contributed by atoms with Crippen LogP contribution in [-0.2, 0) is 16.0 Å². The Bertz CT molecular complexity index is 1020. The summed E-state index contributed by atoms with van der Waals surface area (Å²) in [5.74, 6) is -0.415. The molecule has 0 bridgehead atoms. The summed E-state index contributed by atoms with van der Waals surface area (Å²) in [4.78, 5) is 40.5. The van der Waals surface area contributed by atoms with Gasteiger partial charge in [0.1, 0.15) is 6.04 Å². The number of benzene rings is 2. The molecule has 1 aliphatic rings. The second kappa shape index (κ2) is 11.1. The lowest BCUT2D eigenvalue weighted by Gasteiger charge is -2.31. The molecule has 8 heteroatoms. The fraction of sp³-hybridized carbons (Fsp3) is 0.423. The third-order valence-electron chi connectivity index (χ3n) is 5.50. The molecule has 0 aliphatic carbocycles. The number of nitrogens with zero attached hydrogens (tertiary/aromatic N) is 1. The summed E-state index contributed by atoms with van der Waals surface area (Å²) in [6, 6.07) is 15.0. The minimum absolute atomic E-state index is 0.249. The molecule has 1 fully saturated rings. The summed E-state index contributed by atoms with van der Waals surface area (Å²) in [6.45, 7) is 7.53. The van der Waals surface area contributed by atoms with Crippen LogP contribution in [0.3, 0.4) is 0 Å². The molecule has 3 N–H and O–H groups in total. The van der Waals surface area contributed by atoms with Crippen molar-refractivity contribution in [1.29, 1.82) is 0 Å². The van der Waals surface area contributed by atoms with Gasteiger partial charge in [-0.15, -0.1) is 11.8 Å². The molecule has 3 atom stereocenters. The Morgan fingerprint density at radius 3 is 2.47 bits per heavy atom. The minimum atomic E-state index is -1.50. The molecular formula is C26H33N3O4S. The van der Waals surface area contributed by atoms with Crippen LogP contribution in [0.1, 0.15) is 42.3 Å². The van der Waals surface area contributed by atoms with Crippen LogP contribution >= 0.6 is 11.8 Å². The van der Waals surface area contributed by atoms with E-state index in [-0.39, 0.29) is 18.2 Å². The first kappa shape index (κ1) is 25.8. The summed E-state index contributed by atoms with van der Waals surface area (Å²) in [7, 11) is 0. The van der Waals surface area contributed by atoms with Crippen molar-refractivity contribution in [1.82, 2.24) is 15.5 Å². The van der Waals surface area contributed by atoms with E-state index in [9.17, 15) is 19.5 Å². The van der Waals surface area contributed by atoms with Gasteiger partial charge in [-0.2, -0.15) is 0 Å². The number of aliphatic hydroxyl groups excluding tert-OH is 1. The third kappa shape index (κ3) is 6.84. The van der Waals surface area contributed by atoms with E-state index in [4.69, 9.17) is 0 Å². The summed E-state index contributed by atoms with van der Waals surface area (Å²) in [5, 5.41) is 16.9. The Morgan fingerprint density at radius 2 is 1.82 bits per heavy atom. The molecule has 0 aromatic heterocycles. The van der Waals surface area contributed by atoms with E-state index >= 15 is 0 Å². The Kier molecular flexibility index (Phi) is 8.38. The van der Waals surface area contributed by atoms with Crippen LogP contribution in [0.15, 0.2) is 54.6 Å². The molecule has 1 unspecified atom stereocenters. The fourth-order valence-corrected chi connectivity index (χ4v) is 4.98. The standard InChI is InChI=1S/C26H33N3O4S/c1-17-9-8-12-19(13-17)23(31)27-20(14-18-10-6-5-7-11-18)22(30)25(33)29-16-34-15-21(29)24(32)28-26(2,3)4/h5-13,20-22,30H,14-16H2,1-4H3,(H,27,31)(H,28,32)/t20-,21?,22-/m0/s1. The number of carbonyl (C=O) groups excluding carboxylic acids is 3. The van der Waals surface area contributed by atoms with Gasteiger partial charge >= 0.3 is 0 Å². The van der Waals surface area contributed by atoms with Crippen LogP contribution in [0.2, 0.25) is 0 Å². The first-order valence-corrected chi connectivity index (χ1v) is 12.5. The highest BCUT2D eigenvalue weighted by Gasteiger charge is 2.40. The normalized spacial score (nSPS) is 17.7. The molecule has 0 spiro atoms. The van der Waals surface area contributed by atoms with Crippen molar-refractivity contribution in [2.24, 2.45) is 0 Å². The Balaban J connectivity index is 1.80. The predicted octanol–water partition coefficient (Wildman–Crippen LogP) is 2.51. The maximum atomic E-state index is 13.4. The molecule has 1 heterocycles. The number of rotatable bonds is 7. The van der Waals surface area contributed by atoms with E-state index < -0.39 is 29.6 Å². The number of amides is 3. The fourth-order valence-electron chi connectivity index (χ4n) is 3.82. The van der Waals surface area contributed by atoms with Crippen molar-refractivity contribution < 1.29 is 19.5 Å². The van der Waals surface area contributed by atoms with E-state index in [1.165, 1.54) is 16.7 Å². The average Bonchev–Trinajstić information content (AvgIpc) is 3.27. The Hall–Kier alpha value is -2.84. The zero-order valence-corrected chi connectivity index (χ0v) is 20.9. The van der Waals surface area contributed by atoms with Gasteiger partial charge in [-0.3, -0.25) is 14.4 Å². The van der Waals surface area contributed by atoms with Crippen LogP contribution < -0.4 is 10.6 Å². The van der Waals surface area contributed by atoms with E-state index in [0.29, 0.717) is 17.2 Å². The highest BCUT2D eigenvalue weighted by atomic mass is 32.2. The zero-order valence-electron chi connectivity index (χ0n) is 20.1. The lowest BCUT2D eigenvalue weighted by molar-refractivity contribution is -0.146. The van der Waals surface area contributed by atoms with Crippen LogP contribution in [-0.4, -0.2) is 63.1 Å². The molecule has 1 aliphatic heterocycles. The topological polar surface area (TPSA) is 98.7 Å². The van der Waals surface area contributed by atoms with Crippen molar-refractivity contribution >= 4 is 29.5 Å². The van der Waals surface area contributed by atoms with Gasteiger partial charge in [0.25, 0.3) is 11.8 Å². The first-order chi connectivity index (χ1) is 16.0. The molecule has 2 aromatic rings. The van der Waals surface area contributed by atoms with Crippen molar-refractivity contribution in [3.05, 3.63) is 71.3 Å². The molecule has 7 nitrogen and oxygen atoms in total. The molecule has 34 heavy (non-hydrogen) atoms. The van der Waals surface area contributed by atoms with Crippen molar-refractivity contribution in [3.63, 3.8) is 0 Å². The average molecular weight is 484 g/mol. The quantitative estimate of drug-likeness (QED) is 0.562. The lowest BCUT2D eigenvalue weighted by atomic mass is 9.99. The number of hydrogen-bond donors (Lipinski definition) is 3. The van der Waals surface area contributed by atoms with Gasteiger partial charge in [-0.05, 0) is 51.8 Å². The Morgan fingerprint density at radius 1 is 1.12 bits per heavy atom. The first-order valence-electron chi connectivity index (χ1n) is 11.3. The van der Waals surface area contributed by atoms with Gasteiger partial charge in [0.15, 0.2) is 6.10 Å². The number of thioether (sulfide) groups is 1. The molecule has 3 rings (SSSR count). The molecule has 3 amide bonds. The Labute approximate surface area is 205 Å². The number of nitrogens with one attached hydrogen (secondary N) is 2. The minimum Gasteiger partial charge on any atom is -0.381 e. The maximum absolute atomic E-state index is 13.4. The molecule has 2 aromatic carbocycles. The van der Waals surface area contributed by atoms with Crippen LogP contribution in [0.25, 0.3) is 0 Å². The highest BCUT2D eigenvalue weighted by molar-refractivity contribution is 7.99. The smallest absolute Gasteiger partial charge is 0.254 e. The zero-order chi connectivity index (χ0) is 24.9. The summed E-state index contributed by atoms with van der Waals surface area (Å²) < 4.78 is 0. The van der Waals surface area contributed by atoms with Gasteiger partial charge in [-0.25, -0.2) is 0 Å². The number of aryl methyl sites for hydroxylation is 1. The third-order valence-corrected chi connectivity index (χ3v) is 6.51. The van der Waals surface area contributed by atoms with Crippen molar-refractivity contribution in [2.75, 3.05) is 11.6 Å². The maximum Gasteiger partial charge on any atom is 0.254 e. The van der Waals surface area contributed by atoms with Crippen molar-refractivity contribution in [3.8, 4) is 0 Å². The summed E-state index contributed by atoms with van der Waals surface area (Å²) in [5.41, 5.74) is 1.83. The van der Waals surface area contributed by atoms with Gasteiger partial charge in [-0.1, -0.05) is 48.0 Å². The van der Waals surface area contributed by atoms with Gasteiger partial charge in [0.2, 0.25) is 5.91 Å². The second-order valence-corrected chi connectivity index (χ2v) is 10.6. The SMILES string of the molecule is Cc1cccc(C(=O)N[C@@H](Cc2ccccc2)[C@H](O)C(=O)N2CSCC2C(=O)NC(C)(C)C)c1. The van der Waals surface area contributed by atoms with Crippen molar-refractivity contribution in [2.45, 2.75) is 57.8 Å². The van der Waals surface area contributed by atoms with Crippen LogP contribution in [0, 0.1) is 6.92 Å². The van der Waals surface area contributed by atoms with E-state index in [1.807, 2.05) is 64.1 Å². The second-order valence-electron chi connectivity index (χ2n) is 9.65. The number of hydrogen-bond acceptors (Lipinski definition) is 5. The van der Waals surface area contributed by atoms with Crippen LogP contribution in [0.4, 0.5) is 0 Å². The molecule has 182 valence electrons.